The summed E-state index contributed by atoms with van der Waals surface area (Å²) in [5.74, 6) is 0.590. The highest BCUT2D eigenvalue weighted by Crippen LogP contribution is 2.31. The maximum atomic E-state index is 13.8. The van der Waals surface area contributed by atoms with Crippen molar-refractivity contribution in [2.24, 2.45) is 4.99 Å². The third-order valence-electron chi connectivity index (χ3n) is 5.64. The molecule has 0 aliphatic carbocycles. The Hall–Kier alpha value is -3.76. The average Bonchev–Trinajstić information content (AvgIpc) is 2.87. The molecule has 0 N–H and O–H groups in total. The Bertz CT molecular complexity index is 1540. The van der Waals surface area contributed by atoms with Gasteiger partial charge in [-0.1, -0.05) is 72.8 Å². The van der Waals surface area contributed by atoms with Crippen LogP contribution in [-0.2, 0) is 0 Å². The Kier molecular flexibility index (Phi) is 5.76. The number of benzene rings is 5. The Morgan fingerprint density at radius 3 is 1.88 bits per heavy atom. The number of nitrogens with zero attached hydrogens (tertiary/aromatic N) is 1. The number of ketones is 1. The predicted octanol–water partition coefficient (Wildman–Crippen LogP) is 7.77. The smallest absolute Gasteiger partial charge is 0.212 e. The highest BCUT2D eigenvalue weighted by molar-refractivity contribution is 9.10. The van der Waals surface area contributed by atoms with Crippen LogP contribution in [0, 0.1) is 0 Å². The number of fused-ring (bicyclic) bond motifs is 2. The molecule has 0 bridgehead atoms. The lowest BCUT2D eigenvalue weighted by Gasteiger charge is -2.10. The zero-order valence-electron chi connectivity index (χ0n) is 18.0. The number of halogens is 1. The summed E-state index contributed by atoms with van der Waals surface area (Å²) in [7, 11) is 1.62. The zero-order valence-corrected chi connectivity index (χ0v) is 19.5. The van der Waals surface area contributed by atoms with Crippen LogP contribution in [0.1, 0.15) is 15.9 Å². The van der Waals surface area contributed by atoms with E-state index >= 15 is 0 Å². The van der Waals surface area contributed by atoms with Crippen LogP contribution >= 0.6 is 15.9 Å². The number of ether oxygens (including phenoxy) is 1. The molecule has 5 aromatic rings. The van der Waals surface area contributed by atoms with Gasteiger partial charge in [-0.3, -0.25) is 4.79 Å². The van der Waals surface area contributed by atoms with Crippen molar-refractivity contribution in [3.05, 3.63) is 119 Å². The number of hydrogen-bond donors (Lipinski definition) is 0. The second-order valence-corrected chi connectivity index (χ2v) is 8.59. The van der Waals surface area contributed by atoms with E-state index < -0.39 is 0 Å². The van der Waals surface area contributed by atoms with Crippen LogP contribution in [0.15, 0.2) is 113 Å². The second kappa shape index (κ2) is 9.00. The fourth-order valence-electron chi connectivity index (χ4n) is 3.88. The van der Waals surface area contributed by atoms with E-state index in [1.165, 1.54) is 0 Å². The van der Waals surface area contributed by atoms with E-state index in [-0.39, 0.29) is 5.78 Å². The summed E-state index contributed by atoms with van der Waals surface area (Å²) in [6.07, 6.45) is 0. The fourth-order valence-corrected chi connectivity index (χ4v) is 4.32. The lowest BCUT2D eigenvalue weighted by Crippen LogP contribution is -2.16. The zero-order chi connectivity index (χ0) is 22.8. The van der Waals surface area contributed by atoms with Crippen LogP contribution in [0.4, 0.5) is 5.69 Å². The lowest BCUT2D eigenvalue weighted by molar-refractivity contribution is 0.106. The third-order valence-corrected chi connectivity index (χ3v) is 6.27. The van der Waals surface area contributed by atoms with E-state index in [0.717, 1.165) is 31.6 Å². The van der Waals surface area contributed by atoms with Crippen LogP contribution in [0.25, 0.3) is 21.5 Å². The molecule has 0 unspecified atom stereocenters. The molecule has 0 aromatic heterocycles. The molecule has 0 atom stereocenters. The predicted molar refractivity (Wildman–Crippen MR) is 139 cm³/mol. The van der Waals surface area contributed by atoms with Crippen LogP contribution in [-0.4, -0.2) is 18.6 Å². The van der Waals surface area contributed by atoms with Gasteiger partial charge in [0.05, 0.1) is 12.8 Å². The molecule has 0 saturated carbocycles. The van der Waals surface area contributed by atoms with Crippen molar-refractivity contribution >= 4 is 54.7 Å². The van der Waals surface area contributed by atoms with Gasteiger partial charge in [0, 0.05) is 15.6 Å². The van der Waals surface area contributed by atoms with Crippen LogP contribution in [0.3, 0.4) is 0 Å². The molecule has 5 aromatic carbocycles. The molecule has 0 aliphatic rings. The van der Waals surface area contributed by atoms with E-state index in [9.17, 15) is 4.79 Å². The molecule has 160 valence electrons. The number of rotatable bonds is 5. The standard InChI is InChI=1S/C29H20BrNO2/c1-33-25-14-15-27(26(30)18-25)31-28(23-12-10-19-6-2-4-8-21(19)16-23)29(32)24-13-11-20-7-3-5-9-22(20)17-24/h2-18H,1H3. The SMILES string of the molecule is COc1ccc(N=C(C(=O)c2ccc3ccccc3c2)c2ccc3ccccc3c2)c(Br)c1. The van der Waals surface area contributed by atoms with Gasteiger partial charge in [-0.2, -0.15) is 0 Å². The van der Waals surface area contributed by atoms with Gasteiger partial charge in [0.15, 0.2) is 0 Å². The van der Waals surface area contributed by atoms with Crippen molar-refractivity contribution in [1.29, 1.82) is 0 Å². The number of hydrogen-bond acceptors (Lipinski definition) is 3. The van der Waals surface area contributed by atoms with Gasteiger partial charge in [0.2, 0.25) is 5.78 Å². The molecule has 0 heterocycles. The summed E-state index contributed by atoms with van der Waals surface area (Å²) in [4.78, 5) is 18.6. The van der Waals surface area contributed by atoms with Gasteiger partial charge in [-0.05, 0) is 67.8 Å². The summed E-state index contributed by atoms with van der Waals surface area (Å²) in [5.41, 5.74) is 2.43. The third kappa shape index (κ3) is 4.30. The minimum absolute atomic E-state index is 0.126. The normalized spacial score (nSPS) is 11.6. The lowest BCUT2D eigenvalue weighted by atomic mass is 9.96. The topological polar surface area (TPSA) is 38.7 Å². The first-order valence-electron chi connectivity index (χ1n) is 10.6. The van der Waals surface area contributed by atoms with Crippen molar-refractivity contribution in [3.8, 4) is 5.75 Å². The van der Waals surface area contributed by atoms with E-state index in [0.29, 0.717) is 22.7 Å². The Labute approximate surface area is 200 Å². The molecule has 3 nitrogen and oxygen atoms in total. The highest BCUT2D eigenvalue weighted by atomic mass is 79.9. The summed E-state index contributed by atoms with van der Waals surface area (Å²) in [6, 6.07) is 33.4. The molecule has 0 fully saturated rings. The first-order valence-corrected chi connectivity index (χ1v) is 11.4. The van der Waals surface area contributed by atoms with Crippen LogP contribution in [0.2, 0.25) is 0 Å². The molecule has 0 saturated heterocycles. The first kappa shape index (κ1) is 21.1. The molecule has 33 heavy (non-hydrogen) atoms. The van der Waals surface area contributed by atoms with E-state index in [2.05, 4.69) is 22.0 Å². The Morgan fingerprint density at radius 1 is 0.697 bits per heavy atom. The van der Waals surface area contributed by atoms with Crippen molar-refractivity contribution in [2.45, 2.75) is 0 Å². The average molecular weight is 494 g/mol. The van der Waals surface area contributed by atoms with Crippen molar-refractivity contribution < 1.29 is 9.53 Å². The van der Waals surface area contributed by atoms with Gasteiger partial charge in [-0.15, -0.1) is 0 Å². The van der Waals surface area contributed by atoms with Crippen molar-refractivity contribution in [2.75, 3.05) is 7.11 Å². The number of Topliss-reactive ketones (excluding diaryl/α,β-unsaturated/α-hetero) is 1. The molecule has 5 rings (SSSR count). The summed E-state index contributed by atoms with van der Waals surface area (Å²) >= 11 is 3.57. The van der Waals surface area contributed by atoms with Crippen LogP contribution < -0.4 is 4.74 Å². The van der Waals surface area contributed by atoms with Gasteiger partial charge in [0.1, 0.15) is 11.5 Å². The second-order valence-electron chi connectivity index (χ2n) is 7.73. The maximum Gasteiger partial charge on any atom is 0.212 e. The molecular weight excluding hydrogens is 474 g/mol. The molecule has 0 aliphatic heterocycles. The summed E-state index contributed by atoms with van der Waals surface area (Å²) in [5, 5.41) is 4.29. The highest BCUT2D eigenvalue weighted by Gasteiger charge is 2.18. The van der Waals surface area contributed by atoms with E-state index in [1.54, 1.807) is 7.11 Å². The van der Waals surface area contributed by atoms with Crippen molar-refractivity contribution in [3.63, 3.8) is 0 Å². The monoisotopic (exact) mass is 493 g/mol. The first-order chi connectivity index (χ1) is 16.1. The number of methoxy groups -OCH3 is 1. The van der Waals surface area contributed by atoms with Gasteiger partial charge in [0.25, 0.3) is 0 Å². The minimum atomic E-state index is -0.126. The van der Waals surface area contributed by atoms with Crippen LogP contribution in [0.5, 0.6) is 5.75 Å². The molecule has 4 heteroatoms. The minimum Gasteiger partial charge on any atom is -0.497 e. The molecular formula is C29H20BrNO2. The fraction of sp³-hybridized carbons (Fsp3) is 0.0345. The summed E-state index contributed by atoms with van der Waals surface area (Å²) < 4.78 is 6.06. The van der Waals surface area contributed by atoms with Crippen molar-refractivity contribution in [1.82, 2.24) is 0 Å². The van der Waals surface area contributed by atoms with Gasteiger partial charge < -0.3 is 4.74 Å². The molecule has 0 amide bonds. The Morgan fingerprint density at radius 2 is 1.27 bits per heavy atom. The van der Waals surface area contributed by atoms with E-state index in [1.807, 2.05) is 97.1 Å². The summed E-state index contributed by atoms with van der Waals surface area (Å²) in [6.45, 7) is 0. The quantitative estimate of drug-likeness (QED) is 0.185. The number of aliphatic imine (C=N–C) groups is 1. The Balaban J connectivity index is 1.67. The van der Waals surface area contributed by atoms with E-state index in [4.69, 9.17) is 9.73 Å². The maximum absolute atomic E-state index is 13.8. The van der Waals surface area contributed by atoms with Gasteiger partial charge >= 0.3 is 0 Å². The molecule has 0 spiro atoms. The molecule has 0 radical (unpaired) electrons. The number of carbonyl (C=O) groups excluding carboxylic acids is 1. The largest absolute Gasteiger partial charge is 0.497 e. The van der Waals surface area contributed by atoms with Gasteiger partial charge in [-0.25, -0.2) is 4.99 Å². The number of carbonyl (C=O) groups is 1.